The summed E-state index contributed by atoms with van der Waals surface area (Å²) in [6, 6.07) is 7.91. The van der Waals surface area contributed by atoms with Gasteiger partial charge in [0.25, 0.3) is 0 Å². The molecule has 0 fully saturated rings. The first kappa shape index (κ1) is 8.05. The minimum absolute atomic E-state index is 0.198. The van der Waals surface area contributed by atoms with Crippen LogP contribution in [0.5, 0.6) is 0 Å². The van der Waals surface area contributed by atoms with Crippen molar-refractivity contribution in [2.45, 2.75) is 0 Å². The number of ether oxygens (including phenoxy) is 1. The molecule has 0 bridgehead atoms. The Balaban J connectivity index is 2.46. The Hall–Kier alpha value is -1.57. The van der Waals surface area contributed by atoms with Crippen LogP contribution < -0.4 is 10.4 Å². The van der Waals surface area contributed by atoms with Gasteiger partial charge in [-0.05, 0) is 10.4 Å². The van der Waals surface area contributed by atoms with Crippen molar-refractivity contribution in [1.82, 2.24) is 0 Å². The second-order valence-electron chi connectivity index (χ2n) is 3.01. The normalized spacial score (nSPS) is 14.2. The lowest BCUT2D eigenvalue weighted by Gasteiger charge is -2.00. The molecule has 1 aromatic carbocycles. The van der Waals surface area contributed by atoms with E-state index in [-0.39, 0.29) is 11.9 Å². The molecule has 66 valence electrons. The number of hydrogen-bond donors (Lipinski definition) is 0. The van der Waals surface area contributed by atoms with Crippen molar-refractivity contribution >= 4 is 18.1 Å². The largest absolute Gasteiger partial charge is 0.468 e. The molecule has 0 atom stereocenters. The number of fused-ring (bicyclic) bond motifs is 1. The van der Waals surface area contributed by atoms with Gasteiger partial charge < -0.3 is 4.74 Å². The van der Waals surface area contributed by atoms with Crippen LogP contribution in [0.25, 0.3) is 12.2 Å². The number of carbonyl (C=O) groups excluding carboxylic acids is 1. The smallest absolute Gasteiger partial charge is 0.316 e. The van der Waals surface area contributed by atoms with Gasteiger partial charge in [-0.25, -0.2) is 0 Å². The zero-order chi connectivity index (χ0) is 9.26. The highest BCUT2D eigenvalue weighted by atomic mass is 16.5. The predicted molar refractivity (Wildman–Crippen MR) is 50.1 cm³/mol. The van der Waals surface area contributed by atoms with E-state index < -0.39 is 0 Å². The van der Waals surface area contributed by atoms with E-state index in [2.05, 4.69) is 4.74 Å². The van der Waals surface area contributed by atoms with Crippen LogP contribution in [-0.2, 0) is 9.53 Å². The molecule has 0 aromatic heterocycles. The fourth-order valence-electron chi connectivity index (χ4n) is 1.52. The van der Waals surface area contributed by atoms with E-state index in [1.165, 1.54) is 7.11 Å². The van der Waals surface area contributed by atoms with Crippen LogP contribution in [0.1, 0.15) is 0 Å². The Morgan fingerprint density at radius 2 is 1.77 bits per heavy atom. The molecular formula is C11H10O2. The Labute approximate surface area is 76.1 Å². The minimum atomic E-state index is -0.206. The van der Waals surface area contributed by atoms with Crippen LogP contribution in [0.4, 0.5) is 0 Å². The Kier molecular flexibility index (Phi) is 1.89. The second-order valence-corrected chi connectivity index (χ2v) is 3.01. The van der Waals surface area contributed by atoms with Crippen molar-refractivity contribution in [1.29, 1.82) is 0 Å². The van der Waals surface area contributed by atoms with Crippen molar-refractivity contribution in [3.63, 3.8) is 0 Å². The van der Waals surface area contributed by atoms with Crippen molar-refractivity contribution in [2.24, 2.45) is 5.92 Å². The molecule has 0 radical (unpaired) electrons. The molecule has 0 amide bonds. The van der Waals surface area contributed by atoms with Gasteiger partial charge in [-0.15, -0.1) is 0 Å². The summed E-state index contributed by atoms with van der Waals surface area (Å²) in [7, 11) is 1.41. The number of benzene rings is 1. The third kappa shape index (κ3) is 1.35. The van der Waals surface area contributed by atoms with Gasteiger partial charge in [0, 0.05) is 0 Å². The van der Waals surface area contributed by atoms with Gasteiger partial charge in [-0.3, -0.25) is 4.79 Å². The first-order chi connectivity index (χ1) is 6.31. The Morgan fingerprint density at radius 1 is 1.23 bits per heavy atom. The molecule has 0 unspecified atom stereocenters. The third-order valence-corrected chi connectivity index (χ3v) is 2.19. The molecule has 0 saturated heterocycles. The van der Waals surface area contributed by atoms with Crippen LogP contribution in [0.15, 0.2) is 24.3 Å². The van der Waals surface area contributed by atoms with Gasteiger partial charge >= 0.3 is 5.97 Å². The maximum atomic E-state index is 11.2. The number of methoxy groups -OCH3 is 1. The number of rotatable bonds is 1. The number of carbonyl (C=O) groups is 1. The van der Waals surface area contributed by atoms with Crippen molar-refractivity contribution in [2.75, 3.05) is 7.11 Å². The quantitative estimate of drug-likeness (QED) is 0.562. The van der Waals surface area contributed by atoms with Gasteiger partial charge in [0.05, 0.1) is 13.0 Å². The summed E-state index contributed by atoms with van der Waals surface area (Å²) in [5.74, 6) is -0.404. The monoisotopic (exact) mass is 174 g/mol. The first-order valence-electron chi connectivity index (χ1n) is 4.18. The van der Waals surface area contributed by atoms with Crippen LogP contribution in [-0.4, -0.2) is 13.1 Å². The zero-order valence-corrected chi connectivity index (χ0v) is 7.36. The van der Waals surface area contributed by atoms with Gasteiger partial charge in [0.2, 0.25) is 0 Å². The van der Waals surface area contributed by atoms with Crippen LogP contribution in [0.2, 0.25) is 0 Å². The SMILES string of the molecule is COC(=O)C1C=c2ccccc2=C1. The summed E-state index contributed by atoms with van der Waals surface area (Å²) in [5.41, 5.74) is 0. The van der Waals surface area contributed by atoms with Gasteiger partial charge in [-0.1, -0.05) is 36.4 Å². The lowest BCUT2D eigenvalue weighted by atomic mass is 10.2. The molecule has 0 saturated carbocycles. The highest BCUT2D eigenvalue weighted by molar-refractivity contribution is 5.87. The lowest BCUT2D eigenvalue weighted by Crippen LogP contribution is -2.19. The minimum Gasteiger partial charge on any atom is -0.468 e. The zero-order valence-electron chi connectivity index (χ0n) is 7.36. The number of hydrogen-bond acceptors (Lipinski definition) is 2. The van der Waals surface area contributed by atoms with E-state index in [9.17, 15) is 4.79 Å². The standard InChI is InChI=1S/C11H10O2/c1-13-11(12)10-6-8-4-2-3-5-9(8)7-10/h2-7,10H,1H3. The van der Waals surface area contributed by atoms with Crippen molar-refractivity contribution in [3.8, 4) is 0 Å². The average molecular weight is 174 g/mol. The van der Waals surface area contributed by atoms with Crippen molar-refractivity contribution in [3.05, 3.63) is 34.7 Å². The molecule has 0 aliphatic heterocycles. The molecule has 1 aliphatic rings. The molecule has 1 aliphatic carbocycles. The molecule has 1 aromatic rings. The Bertz CT molecular complexity index is 410. The van der Waals surface area contributed by atoms with E-state index in [0.29, 0.717) is 0 Å². The van der Waals surface area contributed by atoms with Crippen LogP contribution in [0, 0.1) is 5.92 Å². The molecule has 2 nitrogen and oxygen atoms in total. The molecule has 13 heavy (non-hydrogen) atoms. The van der Waals surface area contributed by atoms with E-state index in [1.807, 2.05) is 36.4 Å². The summed E-state index contributed by atoms with van der Waals surface area (Å²) < 4.78 is 4.66. The summed E-state index contributed by atoms with van der Waals surface area (Å²) in [5, 5.41) is 2.22. The molecule has 0 N–H and O–H groups in total. The predicted octanol–water partition coefficient (Wildman–Crippen LogP) is 0.0504. The fourth-order valence-corrected chi connectivity index (χ4v) is 1.52. The van der Waals surface area contributed by atoms with Gasteiger partial charge in [0.15, 0.2) is 0 Å². The second kappa shape index (κ2) is 3.05. The fraction of sp³-hybridized carbons (Fsp3) is 0.182. The summed E-state index contributed by atoms with van der Waals surface area (Å²) >= 11 is 0. The summed E-state index contributed by atoms with van der Waals surface area (Å²) in [6.07, 6.45) is 3.84. The first-order valence-corrected chi connectivity index (χ1v) is 4.18. The van der Waals surface area contributed by atoms with Crippen LogP contribution >= 0.6 is 0 Å². The molecule has 0 spiro atoms. The highest BCUT2D eigenvalue weighted by Crippen LogP contribution is 2.05. The topological polar surface area (TPSA) is 26.3 Å². The summed E-state index contributed by atoms with van der Waals surface area (Å²) in [4.78, 5) is 11.2. The number of esters is 1. The van der Waals surface area contributed by atoms with Gasteiger partial charge in [-0.2, -0.15) is 0 Å². The maximum absolute atomic E-state index is 11.2. The molecular weight excluding hydrogens is 164 g/mol. The Morgan fingerprint density at radius 3 is 2.23 bits per heavy atom. The molecule has 2 rings (SSSR count). The molecule has 2 heteroatoms. The third-order valence-electron chi connectivity index (χ3n) is 2.19. The lowest BCUT2D eigenvalue weighted by molar-refractivity contribution is -0.141. The van der Waals surface area contributed by atoms with E-state index >= 15 is 0 Å². The van der Waals surface area contributed by atoms with E-state index in [0.717, 1.165) is 10.4 Å². The van der Waals surface area contributed by atoms with Crippen molar-refractivity contribution < 1.29 is 9.53 Å². The van der Waals surface area contributed by atoms with Gasteiger partial charge in [0.1, 0.15) is 0 Å². The van der Waals surface area contributed by atoms with Crippen LogP contribution in [0.3, 0.4) is 0 Å². The highest BCUT2D eigenvalue weighted by Gasteiger charge is 2.15. The average Bonchev–Trinajstić information content (AvgIpc) is 2.59. The maximum Gasteiger partial charge on any atom is 0.316 e. The summed E-state index contributed by atoms with van der Waals surface area (Å²) in [6.45, 7) is 0. The van der Waals surface area contributed by atoms with E-state index in [4.69, 9.17) is 0 Å². The molecule has 0 heterocycles. The van der Waals surface area contributed by atoms with E-state index in [1.54, 1.807) is 0 Å².